The summed E-state index contributed by atoms with van der Waals surface area (Å²) in [7, 11) is -2.82. The molecular weight excluding hydrogens is 694 g/mol. The van der Waals surface area contributed by atoms with Crippen molar-refractivity contribution >= 4 is 44.9 Å². The number of pyridine rings is 1. The van der Waals surface area contributed by atoms with E-state index in [1.54, 1.807) is 40.1 Å². The first-order valence-corrected chi connectivity index (χ1v) is 19.5. The number of carbonyl (C=O) groups is 4. The van der Waals surface area contributed by atoms with Gasteiger partial charge in [-0.05, 0) is 85.9 Å². The lowest BCUT2D eigenvalue weighted by Crippen LogP contribution is -2.60. The number of fused-ring (bicyclic) bond motifs is 1. The Bertz CT molecular complexity index is 1810. The van der Waals surface area contributed by atoms with Crippen LogP contribution in [0.25, 0.3) is 10.8 Å². The Morgan fingerprint density at radius 3 is 2.40 bits per heavy atom. The molecule has 0 unspecified atom stereocenters. The molecule has 0 bridgehead atoms. The first-order chi connectivity index (χ1) is 24.6. The van der Waals surface area contributed by atoms with Crippen LogP contribution in [0.5, 0.6) is 11.6 Å². The third kappa shape index (κ3) is 8.38. The monoisotopic (exact) mass is 743 g/mol. The minimum absolute atomic E-state index is 0.0307. The zero-order valence-electron chi connectivity index (χ0n) is 30.3. The van der Waals surface area contributed by atoms with Crippen LogP contribution in [-0.2, 0) is 33.6 Å². The van der Waals surface area contributed by atoms with Crippen LogP contribution in [0.2, 0.25) is 0 Å². The highest BCUT2D eigenvalue weighted by atomic mass is 32.2. The van der Waals surface area contributed by atoms with Crippen LogP contribution in [0.4, 0.5) is 4.79 Å². The normalized spacial score (nSPS) is 25.3. The molecule has 0 spiro atoms. The molecule has 6 rings (SSSR count). The van der Waals surface area contributed by atoms with E-state index >= 15 is 0 Å². The SMILES string of the molecule is CC[C@@H]1C[C@]1(NC(=O)[C@@H]1C[C@@H](Oc2nccc3cc(OC)ccc23)CN1C(=O)[C@@H](NC(=O)OC1CCCC1)C(C)(C)C)C(=O)NS(=O)(=O)OC1CC1. The molecule has 4 aliphatic rings. The van der Waals surface area contributed by atoms with Gasteiger partial charge in [0.15, 0.2) is 0 Å². The summed E-state index contributed by atoms with van der Waals surface area (Å²) in [5, 5.41) is 7.10. The molecule has 4 amide bonds. The van der Waals surface area contributed by atoms with Crippen molar-refractivity contribution in [3.63, 3.8) is 0 Å². The number of likely N-dealkylation sites (tertiary alicyclic amines) is 1. The molecule has 2 heterocycles. The van der Waals surface area contributed by atoms with Gasteiger partial charge in [0.05, 0.1) is 19.8 Å². The highest BCUT2D eigenvalue weighted by Gasteiger charge is 2.62. The topological polar surface area (TPSA) is 192 Å². The lowest BCUT2D eigenvalue weighted by Gasteiger charge is -2.35. The van der Waals surface area contributed by atoms with Crippen molar-refractivity contribution in [2.75, 3.05) is 13.7 Å². The van der Waals surface area contributed by atoms with Gasteiger partial charge in [-0.3, -0.25) is 18.6 Å². The van der Waals surface area contributed by atoms with Gasteiger partial charge in [-0.15, -0.1) is 0 Å². The van der Waals surface area contributed by atoms with Crippen LogP contribution < -0.4 is 24.8 Å². The number of benzene rings is 1. The van der Waals surface area contributed by atoms with Crippen LogP contribution in [0.15, 0.2) is 30.5 Å². The third-order valence-electron chi connectivity index (χ3n) is 10.4. The highest BCUT2D eigenvalue weighted by molar-refractivity contribution is 7.85. The first-order valence-electron chi connectivity index (χ1n) is 18.1. The maximum atomic E-state index is 14.5. The second kappa shape index (κ2) is 14.7. The first kappa shape index (κ1) is 37.6. The minimum atomic E-state index is -4.39. The average Bonchev–Trinajstić information content (AvgIpc) is 3.92. The fraction of sp³-hybridized carbons (Fsp3) is 0.639. The van der Waals surface area contributed by atoms with Gasteiger partial charge in [0, 0.05) is 18.0 Å². The second-order valence-corrected chi connectivity index (χ2v) is 16.7. The van der Waals surface area contributed by atoms with Gasteiger partial charge in [-0.2, -0.15) is 8.42 Å². The van der Waals surface area contributed by atoms with Gasteiger partial charge >= 0.3 is 16.4 Å². The van der Waals surface area contributed by atoms with E-state index in [0.29, 0.717) is 36.3 Å². The standard InChI is InChI=1S/C36H49N5O10S/c1-6-22-19-36(22,33(44)40-52(46,47)51-24-11-12-24)39-30(42)28-18-26(49-31-27-14-13-25(48-5)17-21(27)15-16-37-31)20-41(28)32(43)29(35(2,3)4)38-34(45)50-23-9-7-8-10-23/h13-17,22-24,26,28-29H,6-12,18-20H2,1-5H3,(H,38,45)(H,39,42)(H,40,44)/t22-,26-,28+,29-,36-/m1/s1. The highest BCUT2D eigenvalue weighted by Crippen LogP contribution is 2.47. The second-order valence-electron chi connectivity index (χ2n) is 15.4. The third-order valence-corrected chi connectivity index (χ3v) is 11.3. The predicted octanol–water partition coefficient (Wildman–Crippen LogP) is 3.50. The molecule has 1 saturated heterocycles. The molecular formula is C36H49N5O10S. The summed E-state index contributed by atoms with van der Waals surface area (Å²) in [5.41, 5.74) is -2.30. The number of ether oxygens (including phenoxy) is 3. The number of aromatic nitrogens is 1. The molecule has 0 radical (unpaired) electrons. The number of nitrogens with one attached hydrogen (secondary N) is 3. The lowest BCUT2D eigenvalue weighted by molar-refractivity contribution is -0.143. The molecule has 1 aromatic carbocycles. The molecule has 3 N–H and O–H groups in total. The molecule has 15 nitrogen and oxygen atoms in total. The number of hydrogen-bond acceptors (Lipinski definition) is 11. The smallest absolute Gasteiger partial charge is 0.408 e. The van der Waals surface area contributed by atoms with E-state index in [-0.39, 0.29) is 31.4 Å². The molecule has 3 aliphatic carbocycles. The van der Waals surface area contributed by atoms with E-state index in [0.717, 1.165) is 31.1 Å². The van der Waals surface area contributed by atoms with Crippen LogP contribution in [0.1, 0.15) is 85.5 Å². The van der Waals surface area contributed by atoms with Gasteiger partial charge in [0.2, 0.25) is 17.7 Å². The quantitative estimate of drug-likeness (QED) is 0.272. The zero-order chi connectivity index (χ0) is 37.4. The maximum absolute atomic E-state index is 14.5. The van der Waals surface area contributed by atoms with Crippen LogP contribution in [-0.4, -0.2) is 91.7 Å². The fourth-order valence-electron chi connectivity index (χ4n) is 7.19. The Kier molecular flexibility index (Phi) is 10.6. The Balaban J connectivity index is 1.26. The zero-order valence-corrected chi connectivity index (χ0v) is 31.1. The van der Waals surface area contributed by atoms with Crippen LogP contribution >= 0.6 is 0 Å². The summed E-state index contributed by atoms with van der Waals surface area (Å²) in [4.78, 5) is 61.1. The molecule has 284 valence electrons. The van der Waals surface area contributed by atoms with Crippen molar-refractivity contribution in [2.24, 2.45) is 11.3 Å². The van der Waals surface area contributed by atoms with E-state index in [9.17, 15) is 27.6 Å². The van der Waals surface area contributed by atoms with Crippen molar-refractivity contribution < 1.29 is 46.0 Å². The Morgan fingerprint density at radius 1 is 1.04 bits per heavy atom. The number of methoxy groups -OCH3 is 1. The summed E-state index contributed by atoms with van der Waals surface area (Å²) < 4.78 is 49.5. The van der Waals surface area contributed by atoms with Gasteiger partial charge in [-0.25, -0.2) is 14.5 Å². The molecule has 2 aromatic rings. The van der Waals surface area contributed by atoms with Crippen molar-refractivity contribution in [1.82, 2.24) is 25.2 Å². The lowest BCUT2D eigenvalue weighted by atomic mass is 9.85. The number of carbonyl (C=O) groups excluding carboxylic acids is 4. The van der Waals surface area contributed by atoms with Crippen molar-refractivity contribution in [3.05, 3.63) is 30.5 Å². The summed E-state index contributed by atoms with van der Waals surface area (Å²) in [6.45, 7) is 7.22. The Hall–Kier alpha value is -4.18. The summed E-state index contributed by atoms with van der Waals surface area (Å²) in [6.07, 6.45) is 4.81. The summed E-state index contributed by atoms with van der Waals surface area (Å²) in [6, 6.07) is 5.04. The minimum Gasteiger partial charge on any atom is -0.497 e. The molecule has 52 heavy (non-hydrogen) atoms. The van der Waals surface area contributed by atoms with E-state index in [1.165, 1.54) is 4.90 Å². The fourth-order valence-corrected chi connectivity index (χ4v) is 8.20. The van der Waals surface area contributed by atoms with E-state index in [4.69, 9.17) is 18.4 Å². The molecule has 1 aliphatic heterocycles. The van der Waals surface area contributed by atoms with Crippen LogP contribution in [0.3, 0.4) is 0 Å². The number of hydrogen-bond donors (Lipinski definition) is 3. The van der Waals surface area contributed by atoms with E-state index < -0.39 is 69.4 Å². The Labute approximate surface area is 304 Å². The average molecular weight is 744 g/mol. The van der Waals surface area contributed by atoms with Gasteiger partial charge in [0.25, 0.3) is 5.91 Å². The number of rotatable bonds is 13. The molecule has 5 atom stereocenters. The molecule has 4 fully saturated rings. The largest absolute Gasteiger partial charge is 0.497 e. The molecule has 3 saturated carbocycles. The number of alkyl carbamates (subject to hydrolysis) is 1. The van der Waals surface area contributed by atoms with Crippen molar-refractivity contribution in [2.45, 2.75) is 121 Å². The van der Waals surface area contributed by atoms with Gasteiger partial charge in [0.1, 0.15) is 35.6 Å². The van der Waals surface area contributed by atoms with E-state index in [1.807, 2.05) is 29.8 Å². The summed E-state index contributed by atoms with van der Waals surface area (Å²) in [5.74, 6) is -1.45. The van der Waals surface area contributed by atoms with Gasteiger partial charge in [-0.1, -0.05) is 34.1 Å². The predicted molar refractivity (Wildman–Crippen MR) is 188 cm³/mol. The van der Waals surface area contributed by atoms with Gasteiger partial charge < -0.3 is 29.7 Å². The van der Waals surface area contributed by atoms with Crippen molar-refractivity contribution in [1.29, 1.82) is 0 Å². The maximum Gasteiger partial charge on any atom is 0.408 e. The molecule has 1 aromatic heterocycles. The number of amides is 4. The van der Waals surface area contributed by atoms with Crippen LogP contribution in [0, 0.1) is 11.3 Å². The molecule has 16 heteroatoms. The number of nitrogens with zero attached hydrogens (tertiary/aromatic N) is 2. The van der Waals surface area contributed by atoms with Crippen molar-refractivity contribution in [3.8, 4) is 11.6 Å². The Morgan fingerprint density at radius 2 is 1.77 bits per heavy atom. The van der Waals surface area contributed by atoms with E-state index in [2.05, 4.69) is 15.6 Å². The summed E-state index contributed by atoms with van der Waals surface area (Å²) >= 11 is 0.